The van der Waals surface area contributed by atoms with Crippen LogP contribution in [0, 0.1) is 6.92 Å². The number of hydrogen-bond donors (Lipinski definition) is 2. The summed E-state index contributed by atoms with van der Waals surface area (Å²) in [5, 5.41) is 0.657. The van der Waals surface area contributed by atoms with Crippen molar-refractivity contribution in [2.75, 3.05) is 6.61 Å². The van der Waals surface area contributed by atoms with Gasteiger partial charge < -0.3 is 4.74 Å². The van der Waals surface area contributed by atoms with Crippen LogP contribution in [0.2, 0.25) is 5.02 Å². The number of hydrogen-bond acceptors (Lipinski definition) is 3. The lowest BCUT2D eigenvalue weighted by molar-refractivity contribution is 0.267. The third-order valence-electron chi connectivity index (χ3n) is 2.89. The molecule has 0 saturated carbocycles. The maximum Gasteiger partial charge on any atom is 0.120 e. The van der Waals surface area contributed by atoms with Gasteiger partial charge in [0.05, 0.1) is 6.04 Å². The molecule has 2 aromatic carbocycles. The van der Waals surface area contributed by atoms with E-state index in [4.69, 9.17) is 22.2 Å². The summed E-state index contributed by atoms with van der Waals surface area (Å²) < 4.78 is 5.70. The van der Waals surface area contributed by atoms with Gasteiger partial charge >= 0.3 is 0 Å². The monoisotopic (exact) mass is 276 g/mol. The number of ether oxygens (including phenoxy) is 1. The number of nitrogens with one attached hydrogen (secondary N) is 1. The predicted octanol–water partition coefficient (Wildman–Crippen LogP) is 3.23. The number of aryl methyl sites for hydroxylation is 1. The molecule has 0 saturated heterocycles. The van der Waals surface area contributed by atoms with E-state index in [9.17, 15) is 0 Å². The van der Waals surface area contributed by atoms with Gasteiger partial charge in [-0.1, -0.05) is 47.5 Å². The van der Waals surface area contributed by atoms with Crippen LogP contribution in [0.25, 0.3) is 0 Å². The van der Waals surface area contributed by atoms with Crippen LogP contribution in [0.5, 0.6) is 5.75 Å². The van der Waals surface area contributed by atoms with Gasteiger partial charge in [0.15, 0.2) is 0 Å². The van der Waals surface area contributed by atoms with Gasteiger partial charge in [-0.05, 0) is 30.7 Å². The number of halogens is 1. The Kier molecular flexibility index (Phi) is 4.80. The lowest BCUT2D eigenvalue weighted by Crippen LogP contribution is -2.32. The Morgan fingerprint density at radius 2 is 1.95 bits per heavy atom. The van der Waals surface area contributed by atoms with E-state index in [-0.39, 0.29) is 6.04 Å². The van der Waals surface area contributed by atoms with E-state index in [1.165, 1.54) is 5.56 Å². The molecule has 4 heteroatoms. The maximum absolute atomic E-state index is 5.91. The van der Waals surface area contributed by atoms with Crippen molar-refractivity contribution in [2.24, 2.45) is 5.84 Å². The molecule has 2 rings (SSSR count). The van der Waals surface area contributed by atoms with Gasteiger partial charge in [-0.25, -0.2) is 5.43 Å². The Labute approximate surface area is 118 Å². The Bertz CT molecular complexity index is 528. The van der Waals surface area contributed by atoms with Gasteiger partial charge in [0, 0.05) is 5.02 Å². The topological polar surface area (TPSA) is 47.3 Å². The van der Waals surface area contributed by atoms with Gasteiger partial charge in [-0.2, -0.15) is 0 Å². The molecule has 100 valence electrons. The summed E-state index contributed by atoms with van der Waals surface area (Å²) in [5.74, 6) is 6.32. The molecule has 0 spiro atoms. The summed E-state index contributed by atoms with van der Waals surface area (Å²) >= 11 is 5.91. The minimum absolute atomic E-state index is 0.0559. The fraction of sp³-hybridized carbons (Fsp3) is 0.200. The number of benzene rings is 2. The first-order valence-electron chi connectivity index (χ1n) is 6.10. The van der Waals surface area contributed by atoms with E-state index in [1.807, 2.05) is 30.3 Å². The van der Waals surface area contributed by atoms with Crippen LogP contribution < -0.4 is 16.0 Å². The van der Waals surface area contributed by atoms with E-state index in [0.29, 0.717) is 11.6 Å². The maximum atomic E-state index is 5.91. The molecule has 0 radical (unpaired) electrons. The summed E-state index contributed by atoms with van der Waals surface area (Å²) in [5.41, 5.74) is 5.08. The zero-order valence-electron chi connectivity index (χ0n) is 10.8. The fourth-order valence-electron chi connectivity index (χ4n) is 1.78. The van der Waals surface area contributed by atoms with Crippen LogP contribution in [-0.4, -0.2) is 6.61 Å². The quantitative estimate of drug-likeness (QED) is 0.651. The normalized spacial score (nSPS) is 12.2. The van der Waals surface area contributed by atoms with Crippen LogP contribution in [0.4, 0.5) is 0 Å². The highest BCUT2D eigenvalue weighted by atomic mass is 35.5. The third kappa shape index (κ3) is 3.96. The summed E-state index contributed by atoms with van der Waals surface area (Å²) in [7, 11) is 0. The average Bonchev–Trinajstić information content (AvgIpc) is 2.41. The summed E-state index contributed by atoms with van der Waals surface area (Å²) in [4.78, 5) is 0. The SMILES string of the molecule is Cc1ccc(C(COc2cccc(Cl)c2)NN)cc1. The first-order valence-corrected chi connectivity index (χ1v) is 6.48. The van der Waals surface area contributed by atoms with Crippen LogP contribution in [-0.2, 0) is 0 Å². The second kappa shape index (κ2) is 6.57. The highest BCUT2D eigenvalue weighted by molar-refractivity contribution is 6.30. The molecular weight excluding hydrogens is 260 g/mol. The second-order valence-corrected chi connectivity index (χ2v) is 4.83. The molecule has 0 aliphatic rings. The average molecular weight is 277 g/mol. The lowest BCUT2D eigenvalue weighted by atomic mass is 10.1. The van der Waals surface area contributed by atoms with Crippen molar-refractivity contribution in [1.29, 1.82) is 0 Å². The number of rotatable bonds is 5. The Hall–Kier alpha value is -1.55. The first kappa shape index (κ1) is 13.9. The molecule has 0 aliphatic carbocycles. The minimum atomic E-state index is -0.0559. The summed E-state index contributed by atoms with van der Waals surface area (Å²) in [6, 6.07) is 15.5. The molecule has 19 heavy (non-hydrogen) atoms. The Balaban J connectivity index is 2.01. The van der Waals surface area contributed by atoms with Crippen LogP contribution >= 0.6 is 11.6 Å². The zero-order chi connectivity index (χ0) is 13.7. The van der Waals surface area contributed by atoms with E-state index in [2.05, 4.69) is 24.5 Å². The number of hydrazine groups is 1. The van der Waals surface area contributed by atoms with Crippen LogP contribution in [0.1, 0.15) is 17.2 Å². The summed E-state index contributed by atoms with van der Waals surface area (Å²) in [6.45, 7) is 2.50. The molecule has 2 aromatic rings. The predicted molar refractivity (Wildman–Crippen MR) is 78.2 cm³/mol. The smallest absolute Gasteiger partial charge is 0.120 e. The fourth-order valence-corrected chi connectivity index (χ4v) is 1.96. The molecule has 0 aromatic heterocycles. The van der Waals surface area contributed by atoms with Crippen molar-refractivity contribution >= 4 is 11.6 Å². The zero-order valence-corrected chi connectivity index (χ0v) is 11.5. The number of nitrogens with two attached hydrogens (primary N) is 1. The Morgan fingerprint density at radius 3 is 2.58 bits per heavy atom. The molecule has 0 fully saturated rings. The molecule has 0 amide bonds. The standard InChI is InChI=1S/C15H17ClN2O/c1-11-5-7-12(8-6-11)15(18-17)10-19-14-4-2-3-13(16)9-14/h2-9,15,18H,10,17H2,1H3. The van der Waals surface area contributed by atoms with Crippen molar-refractivity contribution in [3.05, 3.63) is 64.7 Å². The lowest BCUT2D eigenvalue weighted by Gasteiger charge is -2.17. The van der Waals surface area contributed by atoms with Crippen molar-refractivity contribution in [3.8, 4) is 5.75 Å². The van der Waals surface area contributed by atoms with E-state index in [0.717, 1.165) is 11.3 Å². The van der Waals surface area contributed by atoms with Crippen LogP contribution in [0.3, 0.4) is 0 Å². The van der Waals surface area contributed by atoms with Crippen molar-refractivity contribution in [3.63, 3.8) is 0 Å². The molecule has 0 bridgehead atoms. The van der Waals surface area contributed by atoms with Gasteiger partial charge in [-0.3, -0.25) is 5.84 Å². The highest BCUT2D eigenvalue weighted by Crippen LogP contribution is 2.19. The van der Waals surface area contributed by atoms with E-state index < -0.39 is 0 Å². The van der Waals surface area contributed by atoms with Gasteiger partial charge in [-0.15, -0.1) is 0 Å². The molecule has 0 aliphatic heterocycles. The van der Waals surface area contributed by atoms with Crippen molar-refractivity contribution < 1.29 is 4.74 Å². The van der Waals surface area contributed by atoms with Crippen molar-refractivity contribution in [1.82, 2.24) is 5.43 Å². The second-order valence-electron chi connectivity index (χ2n) is 4.40. The van der Waals surface area contributed by atoms with E-state index >= 15 is 0 Å². The first-order chi connectivity index (χ1) is 9.19. The largest absolute Gasteiger partial charge is 0.492 e. The Morgan fingerprint density at radius 1 is 1.21 bits per heavy atom. The highest BCUT2D eigenvalue weighted by Gasteiger charge is 2.10. The molecule has 1 atom stereocenters. The third-order valence-corrected chi connectivity index (χ3v) is 3.13. The molecule has 3 nitrogen and oxygen atoms in total. The summed E-state index contributed by atoms with van der Waals surface area (Å²) in [6.07, 6.45) is 0. The molecule has 0 heterocycles. The minimum Gasteiger partial charge on any atom is -0.492 e. The molecule has 1 unspecified atom stereocenters. The molecule has 3 N–H and O–H groups in total. The van der Waals surface area contributed by atoms with Gasteiger partial charge in [0.1, 0.15) is 12.4 Å². The van der Waals surface area contributed by atoms with Gasteiger partial charge in [0.2, 0.25) is 0 Å². The van der Waals surface area contributed by atoms with Gasteiger partial charge in [0.25, 0.3) is 0 Å². The van der Waals surface area contributed by atoms with Crippen LogP contribution in [0.15, 0.2) is 48.5 Å². The molecular formula is C15H17ClN2O. The van der Waals surface area contributed by atoms with E-state index in [1.54, 1.807) is 6.07 Å². The van der Waals surface area contributed by atoms with Crippen molar-refractivity contribution in [2.45, 2.75) is 13.0 Å².